The zero-order valence-electron chi connectivity index (χ0n) is 18.9. The molecule has 0 atom stereocenters. The lowest BCUT2D eigenvalue weighted by atomic mass is 10.1. The monoisotopic (exact) mass is 448 g/mol. The highest BCUT2D eigenvalue weighted by molar-refractivity contribution is 6.05. The molecule has 0 aliphatic carbocycles. The zero-order chi connectivity index (χ0) is 24.0. The van der Waals surface area contributed by atoms with E-state index in [0.29, 0.717) is 5.75 Å². The second-order valence-corrected chi connectivity index (χ2v) is 8.02. The SMILES string of the molecule is COc1cccc(C=CC(=O)N(CC(C)C)c2c(N)n(Cc3ccccc3)c(=O)[nH]c2=O)c1. The largest absolute Gasteiger partial charge is 0.497 e. The van der Waals surface area contributed by atoms with Crippen LogP contribution < -0.4 is 26.6 Å². The summed E-state index contributed by atoms with van der Waals surface area (Å²) in [6, 6.07) is 16.5. The van der Waals surface area contributed by atoms with Crippen molar-refractivity contribution in [2.24, 2.45) is 5.92 Å². The Hall–Kier alpha value is -4.07. The van der Waals surface area contributed by atoms with E-state index in [1.54, 1.807) is 25.3 Å². The number of H-pyrrole nitrogens is 1. The second kappa shape index (κ2) is 10.5. The summed E-state index contributed by atoms with van der Waals surface area (Å²) in [6.45, 7) is 4.27. The number of nitrogens with one attached hydrogen (secondary N) is 1. The van der Waals surface area contributed by atoms with Crippen LogP contribution in [0.15, 0.2) is 70.3 Å². The average molecular weight is 449 g/mol. The number of rotatable bonds is 8. The van der Waals surface area contributed by atoms with E-state index in [1.807, 2.05) is 56.3 Å². The Morgan fingerprint density at radius 3 is 2.55 bits per heavy atom. The second-order valence-electron chi connectivity index (χ2n) is 8.02. The molecule has 3 N–H and O–H groups in total. The number of ether oxygens (including phenoxy) is 1. The van der Waals surface area contributed by atoms with E-state index in [2.05, 4.69) is 4.98 Å². The maximum absolute atomic E-state index is 13.2. The highest BCUT2D eigenvalue weighted by atomic mass is 16.5. The number of aromatic amines is 1. The van der Waals surface area contributed by atoms with E-state index in [-0.39, 0.29) is 30.5 Å². The third-order valence-corrected chi connectivity index (χ3v) is 4.99. The molecule has 33 heavy (non-hydrogen) atoms. The van der Waals surface area contributed by atoms with Gasteiger partial charge in [0, 0.05) is 12.6 Å². The summed E-state index contributed by atoms with van der Waals surface area (Å²) < 4.78 is 6.47. The number of nitrogens with zero attached hydrogens (tertiary/aromatic N) is 2. The Morgan fingerprint density at radius 1 is 1.15 bits per heavy atom. The molecule has 0 spiro atoms. The first-order chi connectivity index (χ1) is 15.8. The number of benzene rings is 2. The minimum atomic E-state index is -0.703. The molecule has 1 amide bonds. The minimum absolute atomic E-state index is 0.0421. The van der Waals surface area contributed by atoms with Gasteiger partial charge in [0.25, 0.3) is 11.5 Å². The Kier molecular flexibility index (Phi) is 7.50. The van der Waals surface area contributed by atoms with Crippen LogP contribution in [0.5, 0.6) is 5.75 Å². The van der Waals surface area contributed by atoms with Crippen molar-refractivity contribution in [3.05, 3.63) is 92.6 Å². The first-order valence-electron chi connectivity index (χ1n) is 10.6. The number of amides is 1. The van der Waals surface area contributed by atoms with Gasteiger partial charge in [-0.15, -0.1) is 0 Å². The molecule has 2 aromatic carbocycles. The maximum Gasteiger partial charge on any atom is 0.330 e. The number of carbonyl (C=O) groups excluding carboxylic acids is 1. The fourth-order valence-corrected chi connectivity index (χ4v) is 3.42. The quantitative estimate of drug-likeness (QED) is 0.515. The Bertz CT molecular complexity index is 1260. The van der Waals surface area contributed by atoms with Crippen molar-refractivity contribution >= 4 is 23.5 Å². The van der Waals surface area contributed by atoms with Gasteiger partial charge in [-0.3, -0.25) is 19.1 Å². The number of nitrogens with two attached hydrogens (primary N) is 1. The molecule has 1 aromatic heterocycles. The summed E-state index contributed by atoms with van der Waals surface area (Å²) in [6.07, 6.45) is 3.02. The first kappa shape index (κ1) is 23.6. The number of nitrogen functional groups attached to an aromatic ring is 1. The van der Waals surface area contributed by atoms with Gasteiger partial charge >= 0.3 is 5.69 Å². The van der Waals surface area contributed by atoms with Crippen LogP contribution >= 0.6 is 0 Å². The van der Waals surface area contributed by atoms with E-state index in [1.165, 1.54) is 15.5 Å². The summed E-state index contributed by atoms with van der Waals surface area (Å²) >= 11 is 0. The van der Waals surface area contributed by atoms with Crippen molar-refractivity contribution in [3.63, 3.8) is 0 Å². The standard InChI is InChI=1S/C25H28N4O4/c1-17(2)15-28(21(30)13-12-18-10-7-11-20(14-18)33-3)22-23(26)29(25(32)27-24(22)31)16-19-8-5-4-6-9-19/h4-14,17H,15-16,26H2,1-3H3,(H,27,31,32). The van der Waals surface area contributed by atoms with Crippen LogP contribution in [0.3, 0.4) is 0 Å². The van der Waals surface area contributed by atoms with Crippen molar-refractivity contribution in [1.82, 2.24) is 9.55 Å². The maximum atomic E-state index is 13.2. The fourth-order valence-electron chi connectivity index (χ4n) is 3.42. The molecule has 0 radical (unpaired) electrons. The van der Waals surface area contributed by atoms with E-state index in [4.69, 9.17) is 10.5 Å². The molecule has 0 unspecified atom stereocenters. The molecule has 0 saturated carbocycles. The lowest BCUT2D eigenvalue weighted by Gasteiger charge is -2.25. The van der Waals surface area contributed by atoms with E-state index < -0.39 is 17.2 Å². The summed E-state index contributed by atoms with van der Waals surface area (Å²) in [7, 11) is 1.57. The van der Waals surface area contributed by atoms with Crippen molar-refractivity contribution < 1.29 is 9.53 Å². The lowest BCUT2D eigenvalue weighted by Crippen LogP contribution is -2.42. The Morgan fingerprint density at radius 2 is 1.88 bits per heavy atom. The van der Waals surface area contributed by atoms with Crippen LogP contribution in [-0.4, -0.2) is 29.1 Å². The molecule has 0 bridgehead atoms. The molecule has 8 nitrogen and oxygen atoms in total. The van der Waals surface area contributed by atoms with Gasteiger partial charge in [-0.2, -0.15) is 0 Å². The van der Waals surface area contributed by atoms with Gasteiger partial charge in [0.1, 0.15) is 11.6 Å². The summed E-state index contributed by atoms with van der Waals surface area (Å²) in [5, 5.41) is 0. The predicted octanol–water partition coefficient (Wildman–Crippen LogP) is 2.88. The van der Waals surface area contributed by atoms with Gasteiger partial charge in [-0.25, -0.2) is 4.79 Å². The fraction of sp³-hybridized carbons (Fsp3) is 0.240. The third-order valence-electron chi connectivity index (χ3n) is 4.99. The highest BCUT2D eigenvalue weighted by Gasteiger charge is 2.23. The van der Waals surface area contributed by atoms with Gasteiger partial charge in [0.15, 0.2) is 5.69 Å². The van der Waals surface area contributed by atoms with Crippen molar-refractivity contribution in [2.45, 2.75) is 20.4 Å². The molecular formula is C25H28N4O4. The van der Waals surface area contributed by atoms with Crippen LogP contribution in [0.25, 0.3) is 6.08 Å². The summed E-state index contributed by atoms with van der Waals surface area (Å²) in [5.41, 5.74) is 6.53. The average Bonchev–Trinajstić information content (AvgIpc) is 2.80. The highest BCUT2D eigenvalue weighted by Crippen LogP contribution is 2.20. The van der Waals surface area contributed by atoms with Crippen LogP contribution in [-0.2, 0) is 11.3 Å². The Labute approximate surface area is 191 Å². The number of anilines is 2. The van der Waals surface area contributed by atoms with Crippen LogP contribution in [0.1, 0.15) is 25.0 Å². The predicted molar refractivity (Wildman–Crippen MR) is 130 cm³/mol. The zero-order valence-corrected chi connectivity index (χ0v) is 18.9. The first-order valence-corrected chi connectivity index (χ1v) is 10.6. The number of aromatic nitrogens is 2. The van der Waals surface area contributed by atoms with Crippen LogP contribution in [0.4, 0.5) is 11.5 Å². The molecule has 0 aliphatic rings. The van der Waals surface area contributed by atoms with Gasteiger partial charge in [-0.1, -0.05) is 56.3 Å². The van der Waals surface area contributed by atoms with Crippen molar-refractivity contribution in [1.29, 1.82) is 0 Å². The molecule has 8 heteroatoms. The topological polar surface area (TPSA) is 110 Å². The Balaban J connectivity index is 2.01. The smallest absolute Gasteiger partial charge is 0.330 e. The van der Waals surface area contributed by atoms with Gasteiger partial charge in [0.05, 0.1) is 13.7 Å². The van der Waals surface area contributed by atoms with E-state index in [0.717, 1.165) is 11.1 Å². The number of methoxy groups -OCH3 is 1. The van der Waals surface area contributed by atoms with Crippen LogP contribution in [0.2, 0.25) is 0 Å². The summed E-state index contributed by atoms with van der Waals surface area (Å²) in [4.78, 5) is 42.1. The molecular weight excluding hydrogens is 420 g/mol. The molecule has 0 saturated heterocycles. The van der Waals surface area contributed by atoms with Gasteiger partial charge in [0.2, 0.25) is 0 Å². The van der Waals surface area contributed by atoms with E-state index >= 15 is 0 Å². The van der Waals surface area contributed by atoms with Crippen molar-refractivity contribution in [2.75, 3.05) is 24.3 Å². The number of hydrogen-bond acceptors (Lipinski definition) is 5. The lowest BCUT2D eigenvalue weighted by molar-refractivity contribution is -0.114. The molecule has 3 aromatic rings. The normalized spacial score (nSPS) is 11.2. The van der Waals surface area contributed by atoms with Gasteiger partial charge < -0.3 is 15.4 Å². The van der Waals surface area contributed by atoms with Crippen molar-refractivity contribution in [3.8, 4) is 5.75 Å². The van der Waals surface area contributed by atoms with Gasteiger partial charge in [-0.05, 0) is 35.3 Å². The third kappa shape index (κ3) is 5.79. The molecule has 1 heterocycles. The van der Waals surface area contributed by atoms with E-state index in [9.17, 15) is 14.4 Å². The molecule has 0 aliphatic heterocycles. The number of carbonyl (C=O) groups is 1. The number of hydrogen-bond donors (Lipinski definition) is 2. The molecule has 172 valence electrons. The molecule has 0 fully saturated rings. The molecule has 3 rings (SSSR count). The summed E-state index contributed by atoms with van der Waals surface area (Å²) in [5.74, 6) is 0.231. The van der Waals surface area contributed by atoms with Crippen LogP contribution in [0, 0.1) is 5.92 Å². The minimum Gasteiger partial charge on any atom is -0.497 e.